The van der Waals surface area contributed by atoms with Gasteiger partial charge in [-0.15, -0.1) is 4.91 Å². The van der Waals surface area contributed by atoms with Crippen molar-refractivity contribution in [3.05, 3.63) is 87.3 Å². The van der Waals surface area contributed by atoms with Crippen molar-refractivity contribution in [2.75, 3.05) is 31.1 Å². The highest BCUT2D eigenvalue weighted by molar-refractivity contribution is 7.93. The number of nitriles is 1. The molecule has 0 radical (unpaired) electrons. The molecule has 1 aliphatic carbocycles. The first kappa shape index (κ1) is 27.8. The van der Waals surface area contributed by atoms with Gasteiger partial charge in [0.15, 0.2) is 0 Å². The summed E-state index contributed by atoms with van der Waals surface area (Å²) in [6.45, 7) is 7.11. The lowest BCUT2D eigenvalue weighted by atomic mass is 10.1. The zero-order valence-corrected chi connectivity index (χ0v) is 22.0. The number of allylic oxidation sites excluding steroid dienone is 7. The number of rotatable bonds is 8. The third kappa shape index (κ3) is 6.90. The summed E-state index contributed by atoms with van der Waals surface area (Å²) in [6, 6.07) is 8.67. The highest BCUT2D eigenvalue weighted by atomic mass is 32.2. The molecule has 1 aromatic rings. The van der Waals surface area contributed by atoms with Gasteiger partial charge in [-0.3, -0.25) is 4.79 Å². The van der Waals surface area contributed by atoms with Gasteiger partial charge in [0.2, 0.25) is 15.9 Å². The normalized spacial score (nSPS) is 18.3. The molecule has 1 N–H and O–H groups in total. The molecule has 194 valence electrons. The highest BCUT2D eigenvalue weighted by Crippen LogP contribution is 2.24. The van der Waals surface area contributed by atoms with Gasteiger partial charge in [0, 0.05) is 49.1 Å². The van der Waals surface area contributed by atoms with Crippen LogP contribution in [0, 0.1) is 16.2 Å². The molecular formula is C27H31N5O4S. The number of nitrogens with one attached hydrogen (secondary N) is 1. The Morgan fingerprint density at radius 2 is 1.84 bits per heavy atom. The van der Waals surface area contributed by atoms with Gasteiger partial charge in [0.25, 0.3) is 0 Å². The zero-order valence-electron chi connectivity index (χ0n) is 21.2. The van der Waals surface area contributed by atoms with Crippen molar-refractivity contribution < 1.29 is 13.2 Å². The fourth-order valence-corrected chi connectivity index (χ4v) is 5.41. The highest BCUT2D eigenvalue weighted by Gasteiger charge is 2.29. The fourth-order valence-electron chi connectivity index (χ4n) is 3.96. The summed E-state index contributed by atoms with van der Waals surface area (Å²) >= 11 is 0. The Labute approximate surface area is 218 Å². The molecule has 10 heteroatoms. The number of sulfonamides is 1. The van der Waals surface area contributed by atoms with E-state index in [4.69, 9.17) is 5.26 Å². The molecule has 1 unspecified atom stereocenters. The number of hydrogen-bond acceptors (Lipinski definition) is 7. The van der Waals surface area contributed by atoms with E-state index in [9.17, 15) is 18.1 Å². The molecule has 0 saturated carbocycles. The van der Waals surface area contributed by atoms with E-state index in [1.165, 1.54) is 10.4 Å². The van der Waals surface area contributed by atoms with Crippen LogP contribution in [0.3, 0.4) is 0 Å². The number of carbonyl (C=O) groups excluding carboxylic acids is 1. The number of carbonyl (C=O) groups is 1. The first-order valence-corrected chi connectivity index (χ1v) is 13.4. The van der Waals surface area contributed by atoms with Crippen LogP contribution in [-0.4, -0.2) is 50.9 Å². The first-order valence-electron chi connectivity index (χ1n) is 12.0. The molecule has 1 saturated heterocycles. The predicted molar refractivity (Wildman–Crippen MR) is 145 cm³/mol. The maximum Gasteiger partial charge on any atom is 0.247 e. The molecule has 9 nitrogen and oxygen atoms in total. The van der Waals surface area contributed by atoms with Gasteiger partial charge in [-0.05, 0) is 74.9 Å². The van der Waals surface area contributed by atoms with Crippen molar-refractivity contribution in [1.29, 1.82) is 5.26 Å². The minimum atomic E-state index is -3.73. The van der Waals surface area contributed by atoms with Gasteiger partial charge in [-0.2, -0.15) is 9.57 Å². The number of benzene rings is 1. The number of anilines is 1. The average molecular weight is 522 g/mol. The van der Waals surface area contributed by atoms with Gasteiger partial charge in [0.1, 0.15) is 5.69 Å². The van der Waals surface area contributed by atoms with E-state index < -0.39 is 10.0 Å². The van der Waals surface area contributed by atoms with E-state index in [0.29, 0.717) is 49.4 Å². The molecule has 0 spiro atoms. The van der Waals surface area contributed by atoms with E-state index in [1.807, 2.05) is 13.8 Å². The molecule has 1 heterocycles. The topological polar surface area (TPSA) is 123 Å². The van der Waals surface area contributed by atoms with E-state index >= 15 is 0 Å². The van der Waals surface area contributed by atoms with Crippen LogP contribution in [0.4, 0.5) is 11.4 Å². The summed E-state index contributed by atoms with van der Waals surface area (Å²) < 4.78 is 28.0. The summed E-state index contributed by atoms with van der Waals surface area (Å²) in [7, 11) is -3.73. The van der Waals surface area contributed by atoms with Crippen molar-refractivity contribution in [2.24, 2.45) is 5.18 Å². The smallest absolute Gasteiger partial charge is 0.247 e. The van der Waals surface area contributed by atoms with Gasteiger partial charge in [0.05, 0.1) is 11.0 Å². The Bertz CT molecular complexity index is 1320. The van der Waals surface area contributed by atoms with Gasteiger partial charge in [-0.1, -0.05) is 23.8 Å². The molecule has 0 aromatic heterocycles. The SMILES string of the molecule is C/C=C(C#N)\C=C(\C)C(C)NC(=O)C1=CC=C(S(=O)(=O)N2CCN(c3ccc(N=O)cc3)CC2)C=CC1. The maximum atomic E-state index is 13.3. The Morgan fingerprint density at radius 3 is 2.43 bits per heavy atom. The van der Waals surface area contributed by atoms with Crippen molar-refractivity contribution in [3.8, 4) is 6.07 Å². The quantitative estimate of drug-likeness (QED) is 0.310. The summed E-state index contributed by atoms with van der Waals surface area (Å²) in [5, 5.41) is 14.9. The second-order valence-electron chi connectivity index (χ2n) is 8.81. The van der Waals surface area contributed by atoms with Crippen LogP contribution in [0.15, 0.2) is 87.5 Å². The number of nitroso groups, excluding NO2 is 1. The van der Waals surface area contributed by atoms with Gasteiger partial charge >= 0.3 is 0 Å². The molecule has 1 aliphatic heterocycles. The van der Waals surface area contributed by atoms with E-state index in [0.717, 1.165) is 11.3 Å². The molecule has 1 amide bonds. The number of hydrogen-bond donors (Lipinski definition) is 1. The van der Waals surface area contributed by atoms with Gasteiger partial charge < -0.3 is 10.2 Å². The Balaban J connectivity index is 1.66. The predicted octanol–water partition coefficient (Wildman–Crippen LogP) is 4.23. The van der Waals surface area contributed by atoms with Crippen molar-refractivity contribution in [2.45, 2.75) is 33.2 Å². The first-order chi connectivity index (χ1) is 17.7. The molecule has 1 atom stereocenters. The maximum absolute atomic E-state index is 13.3. The summed E-state index contributed by atoms with van der Waals surface area (Å²) in [5.74, 6) is -0.289. The van der Waals surface area contributed by atoms with Crippen molar-refractivity contribution in [3.63, 3.8) is 0 Å². The lowest BCUT2D eigenvalue weighted by molar-refractivity contribution is -0.117. The minimum Gasteiger partial charge on any atom is -0.369 e. The standard InChI is InChI=1S/C27H31N5O4S/c1-4-22(19-28)18-20(2)21(3)29-27(33)23-6-5-7-26(13-8-23)37(35,36)32-16-14-31(15-17-32)25-11-9-24(30-34)10-12-25/h4-5,7-13,18,21H,6,14-17H2,1-3H3,(H,29,33)/b20-18-,22-4+. The van der Waals surface area contributed by atoms with Crippen LogP contribution in [-0.2, 0) is 14.8 Å². The summed E-state index contributed by atoms with van der Waals surface area (Å²) in [5.41, 5.74) is 3.06. The van der Waals surface area contributed by atoms with Crippen LogP contribution in [0.1, 0.15) is 27.2 Å². The van der Waals surface area contributed by atoms with Crippen LogP contribution in [0.5, 0.6) is 0 Å². The van der Waals surface area contributed by atoms with E-state index in [-0.39, 0.29) is 16.9 Å². The van der Waals surface area contributed by atoms with Crippen molar-refractivity contribution in [1.82, 2.24) is 9.62 Å². The van der Waals surface area contributed by atoms with Crippen LogP contribution in [0.2, 0.25) is 0 Å². The third-order valence-electron chi connectivity index (χ3n) is 6.41. The molecule has 37 heavy (non-hydrogen) atoms. The van der Waals surface area contributed by atoms with Crippen molar-refractivity contribution >= 4 is 27.3 Å². The molecule has 1 fully saturated rings. The summed E-state index contributed by atoms with van der Waals surface area (Å²) in [6.07, 6.45) is 9.99. The van der Waals surface area contributed by atoms with E-state index in [1.54, 1.807) is 61.6 Å². The number of nitrogens with zero attached hydrogens (tertiary/aromatic N) is 4. The lowest BCUT2D eigenvalue weighted by Crippen LogP contribution is -2.48. The Kier molecular flexibility index (Phi) is 9.33. The Hall–Kier alpha value is -3.81. The summed E-state index contributed by atoms with van der Waals surface area (Å²) in [4.78, 5) is 25.6. The van der Waals surface area contributed by atoms with Crippen LogP contribution >= 0.6 is 0 Å². The number of piperazine rings is 1. The van der Waals surface area contributed by atoms with Crippen LogP contribution in [0.25, 0.3) is 0 Å². The minimum absolute atomic E-state index is 0.140. The average Bonchev–Trinajstić information content (AvgIpc) is 3.19. The fraction of sp³-hybridized carbons (Fsp3) is 0.333. The second kappa shape index (κ2) is 12.4. The van der Waals surface area contributed by atoms with E-state index in [2.05, 4.69) is 21.5 Å². The largest absolute Gasteiger partial charge is 0.369 e. The molecule has 3 rings (SSSR count). The van der Waals surface area contributed by atoms with Crippen LogP contribution < -0.4 is 10.2 Å². The molecule has 2 aliphatic rings. The molecule has 1 aromatic carbocycles. The second-order valence-corrected chi connectivity index (χ2v) is 10.7. The Morgan fingerprint density at radius 1 is 1.16 bits per heavy atom. The zero-order chi connectivity index (χ0) is 27.0. The number of amides is 1. The van der Waals surface area contributed by atoms with Gasteiger partial charge in [-0.25, -0.2) is 8.42 Å². The third-order valence-corrected chi connectivity index (χ3v) is 8.32. The molecular weight excluding hydrogens is 490 g/mol. The lowest BCUT2D eigenvalue weighted by Gasteiger charge is -2.35. The monoisotopic (exact) mass is 521 g/mol. The molecule has 0 bridgehead atoms.